The molecule has 1 N–H and O–H groups in total. The highest BCUT2D eigenvalue weighted by Gasteiger charge is 2.09. The molecule has 5 heteroatoms. The Bertz CT molecular complexity index is 634. The van der Waals surface area contributed by atoms with Gasteiger partial charge in [0.25, 0.3) is 0 Å². The third kappa shape index (κ3) is 5.40. The van der Waals surface area contributed by atoms with Crippen LogP contribution in [0, 0.1) is 0 Å². The van der Waals surface area contributed by atoms with Gasteiger partial charge in [-0.2, -0.15) is 0 Å². The Morgan fingerprint density at radius 2 is 1.78 bits per heavy atom. The molecule has 0 heterocycles. The van der Waals surface area contributed by atoms with Crippen molar-refractivity contribution in [1.82, 2.24) is 10.2 Å². The molecule has 0 unspecified atom stereocenters. The first-order chi connectivity index (χ1) is 11.1. The van der Waals surface area contributed by atoms with Crippen LogP contribution in [0.4, 0.5) is 0 Å². The van der Waals surface area contributed by atoms with Crippen LogP contribution >= 0.6 is 23.2 Å². The Kier molecular flexibility index (Phi) is 7.18. The lowest BCUT2D eigenvalue weighted by atomic mass is 10.2. The molecule has 124 valence electrons. The largest absolute Gasteiger partial charge is 0.489 e. The fourth-order valence-corrected chi connectivity index (χ4v) is 2.64. The number of benzene rings is 2. The molecule has 0 aromatic heterocycles. The van der Waals surface area contributed by atoms with Gasteiger partial charge in [0.15, 0.2) is 0 Å². The number of hydrogen-bond donors (Lipinski definition) is 1. The van der Waals surface area contributed by atoms with E-state index in [0.29, 0.717) is 16.7 Å². The lowest BCUT2D eigenvalue weighted by molar-refractivity contribution is 0.286. The van der Waals surface area contributed by atoms with Gasteiger partial charge >= 0.3 is 0 Å². The Labute approximate surface area is 148 Å². The molecule has 2 aromatic carbocycles. The molecule has 0 amide bonds. The first kappa shape index (κ1) is 18.1. The van der Waals surface area contributed by atoms with E-state index >= 15 is 0 Å². The van der Waals surface area contributed by atoms with Crippen molar-refractivity contribution < 1.29 is 4.74 Å². The zero-order valence-corrected chi connectivity index (χ0v) is 15.0. The zero-order valence-electron chi connectivity index (χ0n) is 13.5. The van der Waals surface area contributed by atoms with Gasteiger partial charge in [0.2, 0.25) is 0 Å². The monoisotopic (exact) mass is 352 g/mol. The molecule has 0 aliphatic rings. The van der Waals surface area contributed by atoms with E-state index in [2.05, 4.69) is 23.3 Å². The molecule has 0 aliphatic heterocycles. The quantitative estimate of drug-likeness (QED) is 0.769. The standard InChI is InChI=1S/C18H22Cl2N2O/c1-21-10-11-22(2)12-14-6-3-4-9-17(14)23-13-15-7-5-8-16(19)18(15)20/h3-9,21H,10-13H2,1-2H3. The Balaban J connectivity index is 2.04. The summed E-state index contributed by atoms with van der Waals surface area (Å²) in [4.78, 5) is 2.26. The number of nitrogens with zero attached hydrogens (tertiary/aromatic N) is 1. The molecule has 0 atom stereocenters. The third-order valence-corrected chi connectivity index (χ3v) is 4.43. The number of likely N-dealkylation sites (N-methyl/N-ethyl adjacent to an activating group) is 2. The maximum Gasteiger partial charge on any atom is 0.124 e. The summed E-state index contributed by atoms with van der Waals surface area (Å²) in [5.41, 5.74) is 2.04. The van der Waals surface area contributed by atoms with E-state index in [-0.39, 0.29) is 0 Å². The molecule has 2 aromatic rings. The van der Waals surface area contributed by atoms with Gasteiger partial charge in [0, 0.05) is 30.8 Å². The highest BCUT2D eigenvalue weighted by molar-refractivity contribution is 6.42. The molecule has 0 saturated heterocycles. The van der Waals surface area contributed by atoms with Crippen molar-refractivity contribution in [2.24, 2.45) is 0 Å². The van der Waals surface area contributed by atoms with Crippen LogP contribution in [-0.2, 0) is 13.2 Å². The second kappa shape index (κ2) is 9.14. The lowest BCUT2D eigenvalue weighted by Gasteiger charge is -2.19. The minimum atomic E-state index is 0.399. The first-order valence-electron chi connectivity index (χ1n) is 7.58. The summed E-state index contributed by atoms with van der Waals surface area (Å²) in [7, 11) is 4.06. The number of nitrogens with one attached hydrogen (secondary N) is 1. The van der Waals surface area contributed by atoms with Gasteiger partial charge in [0.05, 0.1) is 10.0 Å². The Morgan fingerprint density at radius 1 is 1.04 bits per heavy atom. The van der Waals surface area contributed by atoms with Crippen molar-refractivity contribution in [3.8, 4) is 5.75 Å². The van der Waals surface area contributed by atoms with E-state index in [1.807, 2.05) is 37.4 Å². The van der Waals surface area contributed by atoms with Crippen molar-refractivity contribution in [3.05, 3.63) is 63.6 Å². The van der Waals surface area contributed by atoms with E-state index < -0.39 is 0 Å². The molecule has 2 rings (SSSR count). The van der Waals surface area contributed by atoms with Gasteiger partial charge in [-0.25, -0.2) is 0 Å². The van der Waals surface area contributed by atoms with Gasteiger partial charge in [0.1, 0.15) is 12.4 Å². The van der Waals surface area contributed by atoms with Crippen molar-refractivity contribution in [2.75, 3.05) is 27.2 Å². The molecule has 0 bridgehead atoms. The summed E-state index contributed by atoms with van der Waals surface area (Å²) in [5, 5.41) is 4.26. The SMILES string of the molecule is CNCCN(C)Cc1ccccc1OCc1cccc(Cl)c1Cl. The number of ether oxygens (including phenoxy) is 1. The fourth-order valence-electron chi connectivity index (χ4n) is 2.26. The maximum atomic E-state index is 6.21. The highest BCUT2D eigenvalue weighted by Crippen LogP contribution is 2.27. The van der Waals surface area contributed by atoms with E-state index in [0.717, 1.165) is 36.5 Å². The van der Waals surface area contributed by atoms with Gasteiger partial charge in [-0.1, -0.05) is 53.5 Å². The summed E-state index contributed by atoms with van der Waals surface area (Å²) in [6.45, 7) is 3.17. The predicted molar refractivity (Wildman–Crippen MR) is 97.5 cm³/mol. The third-order valence-electron chi connectivity index (χ3n) is 3.57. The highest BCUT2D eigenvalue weighted by atomic mass is 35.5. The minimum Gasteiger partial charge on any atom is -0.489 e. The molecule has 3 nitrogen and oxygen atoms in total. The van der Waals surface area contributed by atoms with E-state index in [1.165, 1.54) is 0 Å². The number of hydrogen-bond acceptors (Lipinski definition) is 3. The average molecular weight is 353 g/mol. The first-order valence-corrected chi connectivity index (χ1v) is 8.34. The number of rotatable bonds is 8. The Morgan fingerprint density at radius 3 is 2.57 bits per heavy atom. The van der Waals surface area contributed by atoms with Gasteiger partial charge in [-0.05, 0) is 26.2 Å². The topological polar surface area (TPSA) is 24.5 Å². The lowest BCUT2D eigenvalue weighted by Crippen LogP contribution is -2.27. The van der Waals surface area contributed by atoms with Gasteiger partial charge in [-0.3, -0.25) is 0 Å². The Hall–Kier alpha value is -1.26. The zero-order chi connectivity index (χ0) is 16.7. The molecule has 0 aliphatic carbocycles. The van der Waals surface area contributed by atoms with Crippen LogP contribution in [0.3, 0.4) is 0 Å². The summed E-state index contributed by atoms with van der Waals surface area (Å²) in [6, 6.07) is 13.7. The number of para-hydroxylation sites is 1. The van der Waals surface area contributed by atoms with Crippen LogP contribution in [0.2, 0.25) is 10.0 Å². The van der Waals surface area contributed by atoms with E-state index in [9.17, 15) is 0 Å². The molecule has 0 fully saturated rings. The van der Waals surface area contributed by atoms with Gasteiger partial charge < -0.3 is 15.0 Å². The molecule has 0 saturated carbocycles. The van der Waals surface area contributed by atoms with E-state index in [4.69, 9.17) is 27.9 Å². The second-order valence-electron chi connectivity index (χ2n) is 5.45. The molecule has 0 spiro atoms. The second-order valence-corrected chi connectivity index (χ2v) is 6.24. The van der Waals surface area contributed by atoms with Crippen molar-refractivity contribution in [3.63, 3.8) is 0 Å². The van der Waals surface area contributed by atoms with Gasteiger partial charge in [-0.15, -0.1) is 0 Å². The van der Waals surface area contributed by atoms with Crippen LogP contribution in [0.15, 0.2) is 42.5 Å². The molecule has 23 heavy (non-hydrogen) atoms. The van der Waals surface area contributed by atoms with Crippen LogP contribution in [0.1, 0.15) is 11.1 Å². The van der Waals surface area contributed by atoms with Crippen LogP contribution in [-0.4, -0.2) is 32.1 Å². The predicted octanol–water partition coefficient (Wildman–Crippen LogP) is 4.22. The van der Waals surface area contributed by atoms with Crippen LogP contribution in [0.25, 0.3) is 0 Å². The van der Waals surface area contributed by atoms with Crippen LogP contribution in [0.5, 0.6) is 5.75 Å². The van der Waals surface area contributed by atoms with E-state index in [1.54, 1.807) is 6.07 Å². The fraction of sp³-hybridized carbons (Fsp3) is 0.333. The summed E-state index contributed by atoms with van der Waals surface area (Å²) in [6.07, 6.45) is 0. The molecular weight excluding hydrogens is 331 g/mol. The smallest absolute Gasteiger partial charge is 0.124 e. The summed E-state index contributed by atoms with van der Waals surface area (Å²) >= 11 is 12.3. The normalized spacial score (nSPS) is 11.0. The summed E-state index contributed by atoms with van der Waals surface area (Å²) < 4.78 is 5.98. The van der Waals surface area contributed by atoms with Crippen molar-refractivity contribution in [2.45, 2.75) is 13.2 Å². The average Bonchev–Trinajstić information content (AvgIpc) is 2.55. The number of halogens is 2. The van der Waals surface area contributed by atoms with Crippen LogP contribution < -0.4 is 10.1 Å². The molecular formula is C18H22Cl2N2O. The summed E-state index contributed by atoms with van der Waals surface area (Å²) in [5.74, 6) is 0.875. The maximum absolute atomic E-state index is 6.21. The minimum absolute atomic E-state index is 0.399. The molecule has 0 radical (unpaired) electrons. The van der Waals surface area contributed by atoms with Crippen molar-refractivity contribution >= 4 is 23.2 Å². The van der Waals surface area contributed by atoms with Crippen molar-refractivity contribution in [1.29, 1.82) is 0 Å².